The van der Waals surface area contributed by atoms with Crippen molar-refractivity contribution in [2.45, 2.75) is 33.6 Å². The summed E-state index contributed by atoms with van der Waals surface area (Å²) < 4.78 is 0. The van der Waals surface area contributed by atoms with Gasteiger partial charge in [0.25, 0.3) is 0 Å². The molecule has 0 aliphatic rings. The number of para-hydroxylation sites is 1. The number of hydrogen-bond acceptors (Lipinski definition) is 1. The number of anilines is 1. The highest BCUT2D eigenvalue weighted by Gasteiger charge is 2.02. The van der Waals surface area contributed by atoms with Gasteiger partial charge in [-0.25, -0.2) is 0 Å². The third kappa shape index (κ3) is 5.91. The van der Waals surface area contributed by atoms with Crippen LogP contribution in [0.2, 0.25) is 0 Å². The van der Waals surface area contributed by atoms with E-state index in [0.717, 1.165) is 23.0 Å². The number of aryl methyl sites for hydroxylation is 1. The van der Waals surface area contributed by atoms with E-state index in [4.69, 9.17) is 0 Å². The third-order valence-corrected chi connectivity index (χ3v) is 2.52. The summed E-state index contributed by atoms with van der Waals surface area (Å²) in [6, 6.07) is 7.79. The number of amides is 1. The van der Waals surface area contributed by atoms with Crippen LogP contribution in [0.5, 0.6) is 0 Å². The number of carbonyl (C=O) groups is 1. The fraction of sp³-hybridized carbons (Fsp3) is 0.462. The van der Waals surface area contributed by atoms with Gasteiger partial charge < -0.3 is 5.32 Å². The molecule has 90 valence electrons. The maximum atomic E-state index is 11.4. The van der Waals surface area contributed by atoms with Gasteiger partial charge in [-0.05, 0) is 25.0 Å². The summed E-state index contributed by atoms with van der Waals surface area (Å²) >= 11 is 3.30. The molecule has 0 fully saturated rings. The van der Waals surface area contributed by atoms with Crippen molar-refractivity contribution in [1.29, 1.82) is 0 Å². The fourth-order valence-corrected chi connectivity index (χ4v) is 1.43. The molecule has 1 rings (SSSR count). The minimum absolute atomic E-state index is 0.0822. The second-order valence-electron chi connectivity index (χ2n) is 3.16. The minimum atomic E-state index is 0.0822. The normalized spacial score (nSPS) is 9.00. The Labute approximate surface area is 107 Å². The van der Waals surface area contributed by atoms with Crippen LogP contribution in [0.15, 0.2) is 24.3 Å². The van der Waals surface area contributed by atoms with Crippen LogP contribution in [0.3, 0.4) is 0 Å². The zero-order valence-electron chi connectivity index (χ0n) is 10.2. The van der Waals surface area contributed by atoms with Gasteiger partial charge in [0.15, 0.2) is 0 Å². The van der Waals surface area contributed by atoms with Crippen molar-refractivity contribution in [3.63, 3.8) is 0 Å². The van der Waals surface area contributed by atoms with E-state index in [2.05, 4.69) is 21.2 Å². The molecule has 0 aliphatic carbocycles. The van der Waals surface area contributed by atoms with Crippen LogP contribution < -0.4 is 5.32 Å². The van der Waals surface area contributed by atoms with Gasteiger partial charge in [-0.2, -0.15) is 0 Å². The van der Waals surface area contributed by atoms with Crippen molar-refractivity contribution in [1.82, 2.24) is 0 Å². The number of halogens is 1. The molecule has 0 atom stereocenters. The minimum Gasteiger partial charge on any atom is -0.326 e. The average Bonchev–Trinajstić information content (AvgIpc) is 2.32. The van der Waals surface area contributed by atoms with E-state index >= 15 is 0 Å². The molecule has 2 nitrogen and oxygen atoms in total. The molecule has 0 aromatic heterocycles. The summed E-state index contributed by atoms with van der Waals surface area (Å²) in [5, 5.41) is 3.75. The Balaban J connectivity index is 0.00000106. The molecule has 1 N–H and O–H groups in total. The van der Waals surface area contributed by atoms with Crippen molar-refractivity contribution >= 4 is 27.5 Å². The predicted molar refractivity (Wildman–Crippen MR) is 74.2 cm³/mol. The number of benzene rings is 1. The molecule has 1 amide bonds. The van der Waals surface area contributed by atoms with Crippen molar-refractivity contribution in [3.8, 4) is 0 Å². The van der Waals surface area contributed by atoms with E-state index in [9.17, 15) is 4.79 Å². The Morgan fingerprint density at radius 3 is 2.50 bits per heavy atom. The lowest BCUT2D eigenvalue weighted by molar-refractivity contribution is -0.116. The predicted octanol–water partition coefficient (Wildman–Crippen LogP) is 4.13. The lowest BCUT2D eigenvalue weighted by atomic mass is 10.2. The molecule has 0 radical (unpaired) electrons. The first-order chi connectivity index (χ1) is 7.74. The molecule has 0 saturated heterocycles. The second kappa shape index (κ2) is 9.40. The summed E-state index contributed by atoms with van der Waals surface area (Å²) in [5.74, 6) is 0.0822. The lowest BCUT2D eigenvalue weighted by Gasteiger charge is -2.06. The lowest BCUT2D eigenvalue weighted by Crippen LogP contribution is -2.11. The van der Waals surface area contributed by atoms with E-state index in [1.54, 1.807) is 0 Å². The first-order valence-corrected chi connectivity index (χ1v) is 6.77. The fourth-order valence-electron chi connectivity index (χ4n) is 1.15. The summed E-state index contributed by atoms with van der Waals surface area (Å²) in [5.41, 5.74) is 2.01. The highest BCUT2D eigenvalue weighted by atomic mass is 79.9. The molecule has 16 heavy (non-hydrogen) atoms. The number of hydrogen-bond donors (Lipinski definition) is 1. The van der Waals surface area contributed by atoms with Gasteiger partial charge in [0.2, 0.25) is 5.91 Å². The maximum absolute atomic E-state index is 11.4. The van der Waals surface area contributed by atoms with Crippen LogP contribution in [0.25, 0.3) is 0 Å². The van der Waals surface area contributed by atoms with E-state index < -0.39 is 0 Å². The van der Waals surface area contributed by atoms with E-state index in [1.807, 2.05) is 45.0 Å². The smallest absolute Gasteiger partial charge is 0.224 e. The molecular weight excluding hydrogens is 266 g/mol. The molecule has 1 aromatic carbocycles. The Morgan fingerprint density at radius 2 is 1.94 bits per heavy atom. The molecule has 0 saturated carbocycles. The Bertz CT molecular complexity index is 313. The van der Waals surface area contributed by atoms with Crippen LogP contribution >= 0.6 is 15.9 Å². The Morgan fingerprint density at radius 1 is 1.31 bits per heavy atom. The quantitative estimate of drug-likeness (QED) is 0.828. The van der Waals surface area contributed by atoms with E-state index in [-0.39, 0.29) is 5.91 Å². The van der Waals surface area contributed by atoms with Gasteiger partial charge in [0, 0.05) is 17.4 Å². The van der Waals surface area contributed by atoms with Crippen LogP contribution in [0, 0.1) is 6.92 Å². The highest BCUT2D eigenvalue weighted by molar-refractivity contribution is 9.09. The van der Waals surface area contributed by atoms with E-state index in [1.165, 1.54) is 0 Å². The average molecular weight is 286 g/mol. The first-order valence-electron chi connectivity index (χ1n) is 5.65. The number of carbonyl (C=O) groups excluding carboxylic acids is 1. The van der Waals surface area contributed by atoms with Crippen LogP contribution in [0.4, 0.5) is 5.69 Å². The topological polar surface area (TPSA) is 29.1 Å². The molecule has 1 aromatic rings. The highest BCUT2D eigenvalue weighted by Crippen LogP contribution is 2.13. The molecule has 3 heteroatoms. The van der Waals surface area contributed by atoms with Crippen molar-refractivity contribution in [3.05, 3.63) is 29.8 Å². The van der Waals surface area contributed by atoms with Gasteiger partial charge in [-0.1, -0.05) is 48.0 Å². The largest absolute Gasteiger partial charge is 0.326 e. The summed E-state index contributed by atoms with van der Waals surface area (Å²) in [6.07, 6.45) is 1.44. The molecule has 0 bridgehead atoms. The second-order valence-corrected chi connectivity index (χ2v) is 3.95. The van der Waals surface area contributed by atoms with Crippen molar-refractivity contribution in [2.75, 3.05) is 10.6 Å². The Kier molecular flexibility index (Phi) is 8.91. The van der Waals surface area contributed by atoms with Crippen LogP contribution in [0.1, 0.15) is 32.3 Å². The summed E-state index contributed by atoms with van der Waals surface area (Å²) in [4.78, 5) is 11.4. The van der Waals surface area contributed by atoms with Gasteiger partial charge >= 0.3 is 0 Å². The summed E-state index contributed by atoms with van der Waals surface area (Å²) in [6.45, 7) is 5.99. The molecule has 0 heterocycles. The van der Waals surface area contributed by atoms with Gasteiger partial charge in [-0.15, -0.1) is 0 Å². The number of nitrogens with one attached hydrogen (secondary N) is 1. The third-order valence-electron chi connectivity index (χ3n) is 1.96. The zero-order chi connectivity index (χ0) is 12.4. The summed E-state index contributed by atoms with van der Waals surface area (Å²) in [7, 11) is 0. The van der Waals surface area contributed by atoms with Crippen LogP contribution in [-0.4, -0.2) is 11.2 Å². The molecular formula is C13H20BrNO. The molecule has 0 spiro atoms. The monoisotopic (exact) mass is 285 g/mol. The number of alkyl halides is 1. The van der Waals surface area contributed by atoms with Crippen LogP contribution in [-0.2, 0) is 4.79 Å². The van der Waals surface area contributed by atoms with Crippen molar-refractivity contribution < 1.29 is 4.79 Å². The van der Waals surface area contributed by atoms with Gasteiger partial charge in [-0.3, -0.25) is 4.79 Å². The molecule has 0 aliphatic heterocycles. The van der Waals surface area contributed by atoms with Gasteiger partial charge in [0.05, 0.1) is 0 Å². The first kappa shape index (κ1) is 15.2. The van der Waals surface area contributed by atoms with Gasteiger partial charge in [0.1, 0.15) is 0 Å². The SMILES string of the molecule is CC.Cc1ccccc1NC(=O)CCCBr. The maximum Gasteiger partial charge on any atom is 0.224 e. The standard InChI is InChI=1S/C11H14BrNO.C2H6/c1-9-5-2-3-6-10(9)13-11(14)7-4-8-12;1-2/h2-3,5-6H,4,7-8H2,1H3,(H,13,14);1-2H3. The number of rotatable bonds is 4. The molecule has 0 unspecified atom stereocenters. The van der Waals surface area contributed by atoms with E-state index in [0.29, 0.717) is 6.42 Å². The van der Waals surface area contributed by atoms with Crippen molar-refractivity contribution in [2.24, 2.45) is 0 Å². The zero-order valence-corrected chi connectivity index (χ0v) is 11.8. The Hall–Kier alpha value is -0.830.